The van der Waals surface area contributed by atoms with Crippen molar-refractivity contribution < 1.29 is 9.59 Å². The maximum Gasteiger partial charge on any atom is 0.242 e. The normalized spacial score (nSPS) is 15.9. The zero-order valence-electron chi connectivity index (χ0n) is 11.2. The standard InChI is InChI=1S/C13H18N4O2/c1-3-16-8-13(19)17(9-12(16)18)7-10-4-5-15-11(6-10)14-2/h4-6H,3,7-9H2,1-2H3,(H,14,15). The van der Waals surface area contributed by atoms with Crippen LogP contribution in [0.25, 0.3) is 0 Å². The van der Waals surface area contributed by atoms with Crippen LogP contribution in [0, 0.1) is 0 Å². The molecule has 0 radical (unpaired) electrons. The molecule has 2 rings (SSSR count). The molecule has 1 aliphatic rings. The summed E-state index contributed by atoms with van der Waals surface area (Å²) in [6.07, 6.45) is 1.69. The van der Waals surface area contributed by atoms with Crippen molar-refractivity contribution in [1.29, 1.82) is 0 Å². The van der Waals surface area contributed by atoms with E-state index in [0.29, 0.717) is 13.1 Å². The van der Waals surface area contributed by atoms with Crippen LogP contribution in [0.2, 0.25) is 0 Å². The minimum atomic E-state index is -0.00994. The molecule has 1 N–H and O–H groups in total. The number of likely N-dealkylation sites (N-methyl/N-ethyl adjacent to an activating group) is 1. The fourth-order valence-corrected chi connectivity index (χ4v) is 2.06. The SMILES string of the molecule is CCN1CC(=O)N(Cc2ccnc(NC)c2)CC1=O. The Morgan fingerprint density at radius 3 is 2.63 bits per heavy atom. The Kier molecular flexibility index (Phi) is 3.99. The Morgan fingerprint density at radius 2 is 1.95 bits per heavy atom. The number of amides is 2. The van der Waals surface area contributed by atoms with Crippen LogP contribution < -0.4 is 5.32 Å². The zero-order valence-corrected chi connectivity index (χ0v) is 11.2. The first-order chi connectivity index (χ1) is 9.13. The van der Waals surface area contributed by atoms with Crippen LogP contribution >= 0.6 is 0 Å². The van der Waals surface area contributed by atoms with Gasteiger partial charge in [-0.2, -0.15) is 0 Å². The number of hydrogen-bond acceptors (Lipinski definition) is 4. The molecule has 1 aromatic heterocycles. The lowest BCUT2D eigenvalue weighted by molar-refractivity contribution is -0.150. The largest absolute Gasteiger partial charge is 0.373 e. The lowest BCUT2D eigenvalue weighted by atomic mass is 10.2. The maximum atomic E-state index is 12.0. The van der Waals surface area contributed by atoms with Crippen molar-refractivity contribution >= 4 is 17.6 Å². The third kappa shape index (κ3) is 3.01. The van der Waals surface area contributed by atoms with Crippen molar-refractivity contribution in [1.82, 2.24) is 14.8 Å². The summed E-state index contributed by atoms with van der Waals surface area (Å²) in [6, 6.07) is 3.73. The van der Waals surface area contributed by atoms with E-state index in [1.54, 1.807) is 23.0 Å². The predicted molar refractivity (Wildman–Crippen MR) is 71.5 cm³/mol. The number of pyridine rings is 1. The van der Waals surface area contributed by atoms with Crippen LogP contribution in [0.15, 0.2) is 18.3 Å². The van der Waals surface area contributed by atoms with E-state index in [9.17, 15) is 9.59 Å². The van der Waals surface area contributed by atoms with E-state index < -0.39 is 0 Å². The third-order valence-corrected chi connectivity index (χ3v) is 3.19. The number of rotatable bonds is 4. The zero-order chi connectivity index (χ0) is 13.8. The number of nitrogens with zero attached hydrogens (tertiary/aromatic N) is 3. The second-order valence-electron chi connectivity index (χ2n) is 4.46. The van der Waals surface area contributed by atoms with Gasteiger partial charge in [0.1, 0.15) is 12.4 Å². The van der Waals surface area contributed by atoms with Gasteiger partial charge < -0.3 is 15.1 Å². The lowest BCUT2D eigenvalue weighted by Gasteiger charge is -2.33. The maximum absolute atomic E-state index is 12.0. The van der Waals surface area contributed by atoms with E-state index in [4.69, 9.17) is 0 Å². The number of aromatic nitrogens is 1. The third-order valence-electron chi connectivity index (χ3n) is 3.19. The predicted octanol–water partition coefficient (Wildman–Crippen LogP) is 0.314. The number of carbonyl (C=O) groups excluding carboxylic acids is 2. The summed E-state index contributed by atoms with van der Waals surface area (Å²) in [7, 11) is 1.79. The molecule has 1 fully saturated rings. The van der Waals surface area contributed by atoms with E-state index in [2.05, 4.69) is 10.3 Å². The van der Waals surface area contributed by atoms with Gasteiger partial charge in [-0.3, -0.25) is 9.59 Å². The van der Waals surface area contributed by atoms with Crippen molar-refractivity contribution in [2.24, 2.45) is 0 Å². The summed E-state index contributed by atoms with van der Waals surface area (Å²) in [5, 5.41) is 2.95. The molecule has 2 heterocycles. The molecule has 0 bridgehead atoms. The van der Waals surface area contributed by atoms with Gasteiger partial charge in [-0.15, -0.1) is 0 Å². The van der Waals surface area contributed by atoms with Crippen LogP contribution in [0.5, 0.6) is 0 Å². The van der Waals surface area contributed by atoms with E-state index in [1.807, 2.05) is 19.1 Å². The van der Waals surface area contributed by atoms with Gasteiger partial charge in [0, 0.05) is 26.3 Å². The van der Waals surface area contributed by atoms with Gasteiger partial charge in [-0.25, -0.2) is 4.98 Å². The molecular formula is C13H18N4O2. The molecule has 6 heteroatoms. The molecule has 0 spiro atoms. The molecule has 0 aromatic carbocycles. The first-order valence-corrected chi connectivity index (χ1v) is 6.32. The molecule has 1 aromatic rings. The van der Waals surface area contributed by atoms with Crippen LogP contribution in [0.1, 0.15) is 12.5 Å². The summed E-state index contributed by atoms with van der Waals surface area (Å²) in [5.74, 6) is 0.748. The highest BCUT2D eigenvalue weighted by Crippen LogP contribution is 2.12. The number of anilines is 1. The topological polar surface area (TPSA) is 65.5 Å². The molecule has 0 saturated carbocycles. The van der Waals surface area contributed by atoms with Crippen LogP contribution in [0.4, 0.5) is 5.82 Å². The van der Waals surface area contributed by atoms with Crippen molar-refractivity contribution in [3.05, 3.63) is 23.9 Å². The first kappa shape index (κ1) is 13.3. The number of carbonyl (C=O) groups is 2. The van der Waals surface area contributed by atoms with Gasteiger partial charge in [0.25, 0.3) is 0 Å². The fourth-order valence-electron chi connectivity index (χ4n) is 2.06. The minimum absolute atomic E-state index is 0.00463. The van der Waals surface area contributed by atoms with Gasteiger partial charge in [0.15, 0.2) is 0 Å². The molecule has 19 heavy (non-hydrogen) atoms. The Labute approximate surface area is 112 Å². The van der Waals surface area contributed by atoms with Gasteiger partial charge in [0.2, 0.25) is 11.8 Å². The summed E-state index contributed by atoms with van der Waals surface area (Å²) >= 11 is 0. The Bertz CT molecular complexity index is 489. The Balaban J connectivity index is 2.06. The Morgan fingerprint density at radius 1 is 1.26 bits per heavy atom. The molecule has 102 valence electrons. The number of piperazine rings is 1. The van der Waals surface area contributed by atoms with Crippen LogP contribution in [-0.2, 0) is 16.1 Å². The van der Waals surface area contributed by atoms with Crippen molar-refractivity contribution in [2.75, 3.05) is 32.0 Å². The van der Waals surface area contributed by atoms with Crippen molar-refractivity contribution in [2.45, 2.75) is 13.5 Å². The molecule has 0 aliphatic carbocycles. The second kappa shape index (κ2) is 5.69. The van der Waals surface area contributed by atoms with Crippen molar-refractivity contribution in [3.63, 3.8) is 0 Å². The quantitative estimate of drug-likeness (QED) is 0.848. The fraction of sp³-hybridized carbons (Fsp3) is 0.462. The molecule has 1 aliphatic heterocycles. The van der Waals surface area contributed by atoms with Gasteiger partial charge in [-0.1, -0.05) is 0 Å². The Hall–Kier alpha value is -2.11. The van der Waals surface area contributed by atoms with E-state index in [-0.39, 0.29) is 24.9 Å². The van der Waals surface area contributed by atoms with Crippen LogP contribution in [-0.4, -0.2) is 53.3 Å². The van der Waals surface area contributed by atoms with Gasteiger partial charge >= 0.3 is 0 Å². The van der Waals surface area contributed by atoms with E-state index in [1.165, 1.54) is 0 Å². The van der Waals surface area contributed by atoms with Gasteiger partial charge in [0.05, 0.1) is 6.54 Å². The number of hydrogen-bond donors (Lipinski definition) is 1. The average molecular weight is 262 g/mol. The second-order valence-corrected chi connectivity index (χ2v) is 4.46. The van der Waals surface area contributed by atoms with E-state index in [0.717, 1.165) is 11.4 Å². The van der Waals surface area contributed by atoms with E-state index >= 15 is 0 Å². The summed E-state index contributed by atoms with van der Waals surface area (Å²) in [6.45, 7) is 3.24. The highest BCUT2D eigenvalue weighted by atomic mass is 16.2. The highest BCUT2D eigenvalue weighted by Gasteiger charge is 2.28. The smallest absolute Gasteiger partial charge is 0.242 e. The molecular weight excluding hydrogens is 244 g/mol. The van der Waals surface area contributed by atoms with Crippen LogP contribution in [0.3, 0.4) is 0 Å². The molecule has 0 atom stereocenters. The minimum Gasteiger partial charge on any atom is -0.373 e. The summed E-state index contributed by atoms with van der Waals surface area (Å²) in [4.78, 5) is 31.1. The average Bonchev–Trinajstić information content (AvgIpc) is 2.42. The first-order valence-electron chi connectivity index (χ1n) is 6.32. The number of nitrogens with one attached hydrogen (secondary N) is 1. The molecule has 6 nitrogen and oxygen atoms in total. The summed E-state index contributed by atoms with van der Waals surface area (Å²) < 4.78 is 0. The highest BCUT2D eigenvalue weighted by molar-refractivity contribution is 5.92. The van der Waals surface area contributed by atoms with Crippen molar-refractivity contribution in [3.8, 4) is 0 Å². The summed E-state index contributed by atoms with van der Waals surface area (Å²) in [5.41, 5.74) is 0.963. The van der Waals surface area contributed by atoms with Gasteiger partial charge in [-0.05, 0) is 24.6 Å². The molecule has 1 saturated heterocycles. The molecule has 2 amide bonds. The molecule has 0 unspecified atom stereocenters. The lowest BCUT2D eigenvalue weighted by Crippen LogP contribution is -2.53. The monoisotopic (exact) mass is 262 g/mol.